The number of hydrogen-bond donors (Lipinski definition) is 2. The van der Waals surface area contributed by atoms with Crippen LogP contribution in [0.25, 0.3) is 0 Å². The van der Waals surface area contributed by atoms with E-state index < -0.39 is 6.03 Å². The van der Waals surface area contributed by atoms with Crippen LogP contribution in [0.3, 0.4) is 0 Å². The number of urea groups is 1. The van der Waals surface area contributed by atoms with E-state index in [1.54, 1.807) is 11.6 Å². The summed E-state index contributed by atoms with van der Waals surface area (Å²) in [5.41, 5.74) is 0. The van der Waals surface area contributed by atoms with Crippen molar-refractivity contribution < 1.29 is 14.4 Å². The number of imide groups is 1. The van der Waals surface area contributed by atoms with E-state index in [2.05, 4.69) is 15.6 Å². The second-order valence-electron chi connectivity index (χ2n) is 5.25. The lowest BCUT2D eigenvalue weighted by atomic mass is 10.1. The van der Waals surface area contributed by atoms with E-state index >= 15 is 0 Å². The third-order valence-corrected chi connectivity index (χ3v) is 4.44. The van der Waals surface area contributed by atoms with Crippen molar-refractivity contribution in [2.45, 2.75) is 45.2 Å². The fourth-order valence-corrected chi connectivity index (χ4v) is 2.81. The van der Waals surface area contributed by atoms with Crippen LogP contribution < -0.4 is 10.6 Å². The number of hydrogen-bond acceptors (Lipinski definition) is 5. The first-order valence-corrected chi connectivity index (χ1v) is 8.18. The van der Waals surface area contributed by atoms with Crippen LogP contribution in [0.2, 0.25) is 0 Å². The number of rotatable bonds is 6. The number of carbonyl (C=O) groups excluding carboxylic acids is 3. The third-order valence-electron chi connectivity index (χ3n) is 3.55. The molecule has 0 aromatic carbocycles. The molecule has 2 atom stereocenters. The fraction of sp³-hybridized carbons (Fsp3) is 0.571. The number of thiazole rings is 1. The van der Waals surface area contributed by atoms with Crippen molar-refractivity contribution in [1.82, 2.24) is 20.5 Å². The topological polar surface area (TPSA) is 91.4 Å². The Morgan fingerprint density at radius 1 is 1.59 bits per heavy atom. The summed E-state index contributed by atoms with van der Waals surface area (Å²) >= 11 is 1.40. The van der Waals surface area contributed by atoms with Crippen molar-refractivity contribution in [1.29, 1.82) is 0 Å². The van der Waals surface area contributed by atoms with Gasteiger partial charge in [0, 0.05) is 30.6 Å². The summed E-state index contributed by atoms with van der Waals surface area (Å²) in [6.07, 6.45) is 2.77. The average Bonchev–Trinajstić information content (AvgIpc) is 3.00. The molecule has 1 aliphatic rings. The van der Waals surface area contributed by atoms with E-state index in [4.69, 9.17) is 0 Å². The van der Waals surface area contributed by atoms with Gasteiger partial charge in [-0.2, -0.15) is 0 Å². The first-order chi connectivity index (χ1) is 10.5. The number of aromatic nitrogens is 1. The summed E-state index contributed by atoms with van der Waals surface area (Å²) in [4.78, 5) is 41.1. The van der Waals surface area contributed by atoms with Crippen molar-refractivity contribution in [3.63, 3.8) is 0 Å². The molecule has 0 radical (unpaired) electrons. The van der Waals surface area contributed by atoms with Crippen molar-refractivity contribution in [3.05, 3.63) is 16.6 Å². The summed E-state index contributed by atoms with van der Waals surface area (Å²) in [5.74, 6) is -0.433. The maximum absolute atomic E-state index is 12.1. The molecule has 0 aliphatic carbocycles. The standard InChI is InChI=1S/C14H20N4O3S/c1-3-9(2)16-11(19)4-6-18-12(20)8-10(17-14(18)21)13-15-5-7-22-13/h5,7,9-10H,3-4,6,8H2,1-2H3,(H,16,19)(H,17,21). The Labute approximate surface area is 133 Å². The second kappa shape index (κ2) is 7.35. The molecule has 8 heteroatoms. The Morgan fingerprint density at radius 2 is 2.36 bits per heavy atom. The van der Waals surface area contributed by atoms with E-state index in [0.717, 1.165) is 16.3 Å². The Kier molecular flexibility index (Phi) is 5.48. The van der Waals surface area contributed by atoms with Crippen LogP contribution in [0.15, 0.2) is 11.6 Å². The SMILES string of the molecule is CCC(C)NC(=O)CCN1C(=O)CC(c2nccs2)NC1=O. The molecule has 1 fully saturated rings. The van der Waals surface area contributed by atoms with Gasteiger partial charge in [-0.3, -0.25) is 14.5 Å². The lowest BCUT2D eigenvalue weighted by molar-refractivity contribution is -0.130. The molecule has 2 unspecified atom stereocenters. The van der Waals surface area contributed by atoms with Crippen molar-refractivity contribution in [3.8, 4) is 0 Å². The fourth-order valence-electron chi connectivity index (χ4n) is 2.12. The maximum atomic E-state index is 12.1. The van der Waals surface area contributed by atoms with Crippen LogP contribution in [-0.2, 0) is 9.59 Å². The van der Waals surface area contributed by atoms with Crippen LogP contribution in [0.1, 0.15) is 44.2 Å². The predicted molar refractivity (Wildman–Crippen MR) is 82.2 cm³/mol. The molecule has 0 spiro atoms. The van der Waals surface area contributed by atoms with E-state index in [1.165, 1.54) is 11.3 Å². The average molecular weight is 324 g/mol. The smallest absolute Gasteiger partial charge is 0.324 e. The minimum absolute atomic E-state index is 0.0904. The van der Waals surface area contributed by atoms with Crippen molar-refractivity contribution in [2.24, 2.45) is 0 Å². The quantitative estimate of drug-likeness (QED) is 0.828. The lowest BCUT2D eigenvalue weighted by Gasteiger charge is -2.30. The van der Waals surface area contributed by atoms with Gasteiger partial charge in [-0.25, -0.2) is 9.78 Å². The van der Waals surface area contributed by atoms with E-state index in [0.29, 0.717) is 0 Å². The maximum Gasteiger partial charge on any atom is 0.324 e. The molecule has 0 bridgehead atoms. The molecule has 120 valence electrons. The Bertz CT molecular complexity index is 528. The van der Waals surface area contributed by atoms with Gasteiger partial charge in [-0.15, -0.1) is 11.3 Å². The Balaban J connectivity index is 1.87. The van der Waals surface area contributed by atoms with Crippen LogP contribution in [0.4, 0.5) is 4.79 Å². The molecule has 2 rings (SSSR count). The molecule has 2 N–H and O–H groups in total. The Morgan fingerprint density at radius 3 is 2.95 bits per heavy atom. The number of carbonyl (C=O) groups is 3. The van der Waals surface area contributed by atoms with Gasteiger partial charge in [0.05, 0.1) is 12.5 Å². The van der Waals surface area contributed by atoms with Crippen LogP contribution in [-0.4, -0.2) is 40.3 Å². The molecule has 7 nitrogen and oxygen atoms in total. The number of nitrogens with zero attached hydrogens (tertiary/aromatic N) is 2. The van der Waals surface area contributed by atoms with Gasteiger partial charge in [0.15, 0.2) is 0 Å². The first-order valence-electron chi connectivity index (χ1n) is 7.30. The normalized spacial score (nSPS) is 19.7. The number of nitrogens with one attached hydrogen (secondary N) is 2. The van der Waals surface area contributed by atoms with Crippen molar-refractivity contribution in [2.75, 3.05) is 6.54 Å². The molecule has 22 heavy (non-hydrogen) atoms. The van der Waals surface area contributed by atoms with Crippen LogP contribution >= 0.6 is 11.3 Å². The zero-order valence-corrected chi connectivity index (χ0v) is 13.5. The van der Waals surface area contributed by atoms with Crippen LogP contribution in [0, 0.1) is 0 Å². The molecule has 1 aliphatic heterocycles. The third kappa shape index (κ3) is 4.03. The molecule has 1 aromatic rings. The van der Waals surface area contributed by atoms with Gasteiger partial charge >= 0.3 is 6.03 Å². The molecule has 0 saturated carbocycles. The molecule has 1 aromatic heterocycles. The summed E-state index contributed by atoms with van der Waals surface area (Å²) in [6, 6.07) is -0.745. The molecular weight excluding hydrogens is 304 g/mol. The minimum Gasteiger partial charge on any atom is -0.354 e. The summed E-state index contributed by atoms with van der Waals surface area (Å²) in [5, 5.41) is 8.09. The molecule has 4 amide bonds. The summed E-state index contributed by atoms with van der Waals surface area (Å²) in [7, 11) is 0. The first kappa shape index (κ1) is 16.4. The van der Waals surface area contributed by atoms with Gasteiger partial charge in [0.2, 0.25) is 11.8 Å². The lowest BCUT2D eigenvalue weighted by Crippen LogP contribution is -2.52. The van der Waals surface area contributed by atoms with E-state index in [9.17, 15) is 14.4 Å². The van der Waals surface area contributed by atoms with Gasteiger partial charge < -0.3 is 10.6 Å². The number of amides is 4. The molecular formula is C14H20N4O3S. The second-order valence-corrected chi connectivity index (χ2v) is 6.17. The van der Waals surface area contributed by atoms with Crippen molar-refractivity contribution >= 4 is 29.2 Å². The highest BCUT2D eigenvalue weighted by Crippen LogP contribution is 2.23. The minimum atomic E-state index is -0.465. The monoisotopic (exact) mass is 324 g/mol. The zero-order chi connectivity index (χ0) is 16.1. The van der Waals surface area contributed by atoms with Gasteiger partial charge in [0.25, 0.3) is 0 Å². The van der Waals surface area contributed by atoms with Gasteiger partial charge in [-0.1, -0.05) is 6.92 Å². The van der Waals surface area contributed by atoms with Crippen LogP contribution in [0.5, 0.6) is 0 Å². The summed E-state index contributed by atoms with van der Waals surface area (Å²) in [6.45, 7) is 3.98. The highest BCUT2D eigenvalue weighted by Gasteiger charge is 2.33. The molecule has 1 saturated heterocycles. The highest BCUT2D eigenvalue weighted by molar-refractivity contribution is 7.09. The molecule has 2 heterocycles. The zero-order valence-electron chi connectivity index (χ0n) is 12.7. The summed E-state index contributed by atoms with van der Waals surface area (Å²) < 4.78 is 0. The predicted octanol–water partition coefficient (Wildman–Crippen LogP) is 1.43. The highest BCUT2D eigenvalue weighted by atomic mass is 32.1. The largest absolute Gasteiger partial charge is 0.354 e. The van der Waals surface area contributed by atoms with E-state index in [1.807, 2.05) is 13.8 Å². The Hall–Kier alpha value is -1.96. The van der Waals surface area contributed by atoms with E-state index in [-0.39, 0.29) is 43.3 Å². The van der Waals surface area contributed by atoms with Gasteiger partial charge in [0.1, 0.15) is 5.01 Å². The van der Waals surface area contributed by atoms with Gasteiger partial charge in [-0.05, 0) is 13.3 Å².